The third-order valence-electron chi connectivity index (χ3n) is 8.62. The Morgan fingerprint density at radius 2 is 1.78 bits per heavy atom. The van der Waals surface area contributed by atoms with Crippen LogP contribution in [0.2, 0.25) is 0 Å². The fourth-order valence-electron chi connectivity index (χ4n) is 6.05. The lowest BCUT2D eigenvalue weighted by Crippen LogP contribution is -2.27. The van der Waals surface area contributed by atoms with E-state index < -0.39 is 17.9 Å². The maximum Gasteiger partial charge on any atom is 0.436 e. The molecule has 0 fully saturated rings. The molecule has 1 N–H and O–H groups in total. The fourth-order valence-corrected chi connectivity index (χ4v) is 6.05. The number of aromatic nitrogens is 8. The number of hydrogen-bond donors (Lipinski definition) is 1. The molecule has 11 nitrogen and oxygen atoms in total. The van der Waals surface area contributed by atoms with Crippen molar-refractivity contribution in [1.82, 2.24) is 39.3 Å². The number of nitrogens with one attached hydrogen (secondary N) is 1. The molecule has 2 atom stereocenters. The molecule has 1 aliphatic heterocycles. The second-order valence-electron chi connectivity index (χ2n) is 12.0. The van der Waals surface area contributed by atoms with Gasteiger partial charge in [0.05, 0.1) is 58.9 Å². The predicted molar refractivity (Wildman–Crippen MR) is 175 cm³/mol. The molecule has 0 radical (unpaired) electrons. The number of alkyl halides is 3. The lowest BCUT2D eigenvalue weighted by atomic mass is 9.97. The number of nitrogens with zero attached hydrogens (tertiary/aromatic N) is 8. The van der Waals surface area contributed by atoms with Crippen LogP contribution in [0.1, 0.15) is 49.2 Å². The standard InChI is InChI=1S/C35H30F3N9O2/c1-21-11-12-29(46-19-31(43-44-46)35(36,37)38)25(15-21)26-17-32(48)45(20-40-26)30-10-6-7-22(2)34(49)42-28-18-41-47(24-8-4-3-5-9-24)33(28)23-13-14-39-27(30)16-23/h3-5,8-9,11-20,22,30H,6-7,10H2,1-2H3,(H,42,49)/t22-,30+/m1/s1. The van der Waals surface area contributed by atoms with Gasteiger partial charge in [0, 0.05) is 29.3 Å². The molecule has 0 aliphatic carbocycles. The Morgan fingerprint density at radius 3 is 2.53 bits per heavy atom. The zero-order valence-corrected chi connectivity index (χ0v) is 26.5. The Morgan fingerprint density at radius 1 is 0.959 bits per heavy atom. The first-order valence-electron chi connectivity index (χ1n) is 15.7. The van der Waals surface area contributed by atoms with Crippen molar-refractivity contribution in [3.8, 4) is 33.9 Å². The molecule has 0 saturated heterocycles. The lowest BCUT2D eigenvalue weighted by Gasteiger charge is -2.22. The molecule has 14 heteroatoms. The summed E-state index contributed by atoms with van der Waals surface area (Å²) in [5.74, 6) is -0.446. The summed E-state index contributed by atoms with van der Waals surface area (Å²) in [4.78, 5) is 36.5. The Kier molecular flexibility index (Phi) is 8.14. The summed E-state index contributed by atoms with van der Waals surface area (Å²) in [6.07, 6.45) is 2.55. The van der Waals surface area contributed by atoms with Crippen molar-refractivity contribution in [3.05, 3.63) is 119 Å². The molecule has 248 valence electrons. The van der Waals surface area contributed by atoms with E-state index >= 15 is 0 Å². The van der Waals surface area contributed by atoms with Gasteiger partial charge in [0.15, 0.2) is 5.69 Å². The third-order valence-corrected chi connectivity index (χ3v) is 8.62. The van der Waals surface area contributed by atoms with Crippen LogP contribution in [0.4, 0.5) is 18.9 Å². The van der Waals surface area contributed by atoms with Crippen LogP contribution in [0.3, 0.4) is 0 Å². The van der Waals surface area contributed by atoms with Crippen molar-refractivity contribution in [3.63, 3.8) is 0 Å². The van der Waals surface area contributed by atoms with E-state index in [4.69, 9.17) is 0 Å². The van der Waals surface area contributed by atoms with Crippen molar-refractivity contribution in [2.24, 2.45) is 5.92 Å². The molecule has 6 aromatic rings. The summed E-state index contributed by atoms with van der Waals surface area (Å²) >= 11 is 0. The summed E-state index contributed by atoms with van der Waals surface area (Å²) in [6, 6.07) is 19.2. The van der Waals surface area contributed by atoms with E-state index in [-0.39, 0.29) is 28.8 Å². The summed E-state index contributed by atoms with van der Waals surface area (Å²) in [5.41, 5.74) is 3.68. The Labute approximate surface area is 278 Å². The van der Waals surface area contributed by atoms with Gasteiger partial charge in [-0.05, 0) is 56.2 Å². The normalized spacial score (nSPS) is 16.7. The molecule has 5 heterocycles. The van der Waals surface area contributed by atoms with E-state index in [0.29, 0.717) is 41.9 Å². The number of rotatable bonds is 4. The number of aryl methyl sites for hydroxylation is 1. The van der Waals surface area contributed by atoms with Crippen molar-refractivity contribution >= 4 is 11.6 Å². The van der Waals surface area contributed by atoms with Gasteiger partial charge in [-0.3, -0.25) is 19.1 Å². The smallest absolute Gasteiger partial charge is 0.323 e. The molecule has 49 heavy (non-hydrogen) atoms. The molecule has 4 aromatic heterocycles. The number of carbonyl (C=O) groups excluding carboxylic acids is 1. The van der Waals surface area contributed by atoms with E-state index in [2.05, 4.69) is 30.7 Å². The highest BCUT2D eigenvalue weighted by Crippen LogP contribution is 2.35. The van der Waals surface area contributed by atoms with Gasteiger partial charge in [-0.25, -0.2) is 14.3 Å². The number of anilines is 1. The van der Waals surface area contributed by atoms with Crippen LogP contribution in [0, 0.1) is 12.8 Å². The Balaban J connectivity index is 1.31. The molecular formula is C35H30F3N9O2. The third kappa shape index (κ3) is 6.24. The summed E-state index contributed by atoms with van der Waals surface area (Å²) in [7, 11) is 0. The highest BCUT2D eigenvalue weighted by Gasteiger charge is 2.35. The van der Waals surface area contributed by atoms with Crippen molar-refractivity contribution in [1.29, 1.82) is 0 Å². The summed E-state index contributed by atoms with van der Waals surface area (Å²) in [6.45, 7) is 3.70. The quantitative estimate of drug-likeness (QED) is 0.231. The molecule has 0 unspecified atom stereocenters. The SMILES string of the molecule is Cc1ccc(-n2cc(C(F)(F)F)nn2)c(-c2cc(=O)n([C@H]3CCC[C@@H](C)C(=O)Nc4cnn(-c5ccccc5)c4-c4ccnc3c4)cn2)c1. The zero-order valence-electron chi connectivity index (χ0n) is 26.5. The monoisotopic (exact) mass is 665 g/mol. The van der Waals surface area contributed by atoms with Gasteiger partial charge in [0.25, 0.3) is 5.56 Å². The van der Waals surface area contributed by atoms with Crippen LogP contribution in [0.15, 0.2) is 96.4 Å². The molecule has 0 spiro atoms. The maximum atomic E-state index is 13.9. The number of amides is 1. The van der Waals surface area contributed by atoms with Gasteiger partial charge in [-0.1, -0.05) is 48.4 Å². The molecule has 2 aromatic carbocycles. The molecule has 1 amide bonds. The Bertz CT molecular complexity index is 2220. The second-order valence-corrected chi connectivity index (χ2v) is 12.0. The number of benzene rings is 2. The predicted octanol–water partition coefficient (Wildman–Crippen LogP) is 6.41. The highest BCUT2D eigenvalue weighted by molar-refractivity contribution is 5.96. The van der Waals surface area contributed by atoms with Gasteiger partial charge in [0.2, 0.25) is 5.91 Å². The van der Waals surface area contributed by atoms with Gasteiger partial charge in [0.1, 0.15) is 0 Å². The lowest BCUT2D eigenvalue weighted by molar-refractivity contribution is -0.141. The maximum absolute atomic E-state index is 13.9. The largest absolute Gasteiger partial charge is 0.436 e. The second kappa shape index (κ2) is 12.6. The zero-order chi connectivity index (χ0) is 34.3. The highest BCUT2D eigenvalue weighted by atomic mass is 19.4. The number of pyridine rings is 1. The summed E-state index contributed by atoms with van der Waals surface area (Å²) < 4.78 is 44.2. The first kappa shape index (κ1) is 31.7. The minimum atomic E-state index is -4.66. The van der Waals surface area contributed by atoms with Crippen molar-refractivity contribution < 1.29 is 18.0 Å². The summed E-state index contributed by atoms with van der Waals surface area (Å²) in [5, 5.41) is 14.6. The van der Waals surface area contributed by atoms with Crippen LogP contribution in [0.25, 0.3) is 33.9 Å². The topological polar surface area (TPSA) is 125 Å². The van der Waals surface area contributed by atoms with Crippen LogP contribution in [0.5, 0.6) is 0 Å². The van der Waals surface area contributed by atoms with Crippen molar-refractivity contribution in [2.45, 2.75) is 45.3 Å². The fraction of sp³-hybridized carbons (Fsp3) is 0.229. The number of halogens is 3. The first-order valence-corrected chi connectivity index (χ1v) is 15.7. The average Bonchev–Trinajstić information content (AvgIpc) is 3.75. The minimum absolute atomic E-state index is 0.132. The van der Waals surface area contributed by atoms with Gasteiger partial charge in [-0.15, -0.1) is 5.10 Å². The minimum Gasteiger partial charge on any atom is -0.323 e. The number of fused-ring (bicyclic) bond motifs is 4. The molecule has 0 saturated carbocycles. The molecule has 2 bridgehead atoms. The van der Waals surface area contributed by atoms with Gasteiger partial charge >= 0.3 is 6.18 Å². The van der Waals surface area contributed by atoms with Crippen LogP contribution < -0.4 is 10.9 Å². The molecular weight excluding hydrogens is 635 g/mol. The van der Waals surface area contributed by atoms with E-state index in [9.17, 15) is 22.8 Å². The number of hydrogen-bond acceptors (Lipinski definition) is 7. The molecule has 1 aliphatic rings. The van der Waals surface area contributed by atoms with Gasteiger partial charge in [-0.2, -0.15) is 18.3 Å². The number of para-hydroxylation sites is 1. The van der Waals surface area contributed by atoms with E-state index in [0.717, 1.165) is 27.7 Å². The van der Waals surface area contributed by atoms with E-state index in [1.807, 2.05) is 56.3 Å². The van der Waals surface area contributed by atoms with Crippen LogP contribution in [-0.2, 0) is 11.0 Å². The Hall–Kier alpha value is -5.92. The first-order chi connectivity index (χ1) is 23.6. The van der Waals surface area contributed by atoms with Crippen LogP contribution >= 0.6 is 0 Å². The van der Waals surface area contributed by atoms with E-state index in [1.54, 1.807) is 35.3 Å². The average molecular weight is 666 g/mol. The van der Waals surface area contributed by atoms with Crippen molar-refractivity contribution in [2.75, 3.05) is 5.32 Å². The van der Waals surface area contributed by atoms with Crippen LogP contribution in [-0.4, -0.2) is 45.2 Å². The van der Waals surface area contributed by atoms with E-state index in [1.165, 1.54) is 17.0 Å². The van der Waals surface area contributed by atoms with Gasteiger partial charge < -0.3 is 5.32 Å². The molecule has 7 rings (SSSR count). The number of carbonyl (C=O) groups is 1.